The monoisotopic (exact) mass is 335 g/mol. The first-order valence-electron chi connectivity index (χ1n) is 7.97. The Morgan fingerprint density at radius 3 is 2.40 bits per heavy atom. The molecule has 2 aromatic carbocycles. The van der Waals surface area contributed by atoms with Crippen LogP contribution in [-0.4, -0.2) is 13.0 Å². The van der Waals surface area contributed by atoms with Gasteiger partial charge in [-0.2, -0.15) is 5.26 Å². The van der Waals surface area contributed by atoms with E-state index in [2.05, 4.69) is 24.5 Å². The van der Waals surface area contributed by atoms with Crippen molar-refractivity contribution in [3.8, 4) is 11.8 Å². The van der Waals surface area contributed by atoms with Crippen molar-refractivity contribution >= 4 is 17.3 Å². The molecule has 0 radical (unpaired) electrons. The second kappa shape index (κ2) is 8.55. The molecule has 0 saturated carbocycles. The maximum Gasteiger partial charge on any atom is 0.267 e. The van der Waals surface area contributed by atoms with Crippen molar-refractivity contribution in [1.82, 2.24) is 0 Å². The normalized spacial score (nSPS) is 10.9. The summed E-state index contributed by atoms with van der Waals surface area (Å²) in [6, 6.07) is 16.8. The van der Waals surface area contributed by atoms with E-state index < -0.39 is 5.91 Å². The first-order valence-corrected chi connectivity index (χ1v) is 7.97. The number of carbonyl (C=O) groups excluding carboxylic acids is 1. The van der Waals surface area contributed by atoms with Gasteiger partial charge >= 0.3 is 0 Å². The molecule has 0 aliphatic rings. The highest BCUT2D eigenvalue weighted by atomic mass is 16.5. The lowest BCUT2D eigenvalue weighted by atomic mass is 10.0. The van der Waals surface area contributed by atoms with Gasteiger partial charge in [-0.15, -0.1) is 0 Å². The number of nitriles is 1. The second-order valence-corrected chi connectivity index (χ2v) is 5.71. The van der Waals surface area contributed by atoms with Crippen molar-refractivity contribution in [3.05, 3.63) is 65.9 Å². The van der Waals surface area contributed by atoms with Crippen LogP contribution in [0.4, 0.5) is 11.4 Å². The molecule has 5 nitrogen and oxygen atoms in total. The van der Waals surface area contributed by atoms with Gasteiger partial charge in [0.2, 0.25) is 0 Å². The molecule has 2 N–H and O–H groups in total. The van der Waals surface area contributed by atoms with Crippen LogP contribution < -0.4 is 15.4 Å². The third kappa shape index (κ3) is 4.61. The first kappa shape index (κ1) is 18.1. The third-order valence-corrected chi connectivity index (χ3v) is 3.68. The highest BCUT2D eigenvalue weighted by Gasteiger charge is 2.13. The summed E-state index contributed by atoms with van der Waals surface area (Å²) in [5.41, 5.74) is 2.38. The Kier molecular flexibility index (Phi) is 6.19. The third-order valence-electron chi connectivity index (χ3n) is 3.68. The molecule has 0 spiro atoms. The van der Waals surface area contributed by atoms with Crippen LogP contribution in [0.2, 0.25) is 0 Å². The topological polar surface area (TPSA) is 74.1 Å². The lowest BCUT2D eigenvalue weighted by molar-refractivity contribution is -0.112. The van der Waals surface area contributed by atoms with Gasteiger partial charge in [-0.05, 0) is 29.7 Å². The number of ether oxygens (including phenoxy) is 1. The Morgan fingerprint density at radius 2 is 1.76 bits per heavy atom. The summed E-state index contributed by atoms with van der Waals surface area (Å²) in [4.78, 5) is 12.4. The molecule has 0 unspecified atom stereocenters. The van der Waals surface area contributed by atoms with Crippen molar-refractivity contribution in [3.63, 3.8) is 0 Å². The molecule has 0 aromatic heterocycles. The molecule has 5 heteroatoms. The van der Waals surface area contributed by atoms with E-state index in [-0.39, 0.29) is 11.5 Å². The van der Waals surface area contributed by atoms with Gasteiger partial charge < -0.3 is 15.4 Å². The number of anilines is 2. The number of methoxy groups -OCH3 is 1. The van der Waals surface area contributed by atoms with E-state index in [0.29, 0.717) is 17.1 Å². The zero-order chi connectivity index (χ0) is 18.2. The van der Waals surface area contributed by atoms with Crippen LogP contribution in [-0.2, 0) is 4.79 Å². The number of hydrogen-bond acceptors (Lipinski definition) is 4. The van der Waals surface area contributed by atoms with E-state index in [4.69, 9.17) is 4.74 Å². The number of amides is 1. The Bertz CT molecular complexity index is 820. The lowest BCUT2D eigenvalue weighted by Gasteiger charge is -2.13. The summed E-state index contributed by atoms with van der Waals surface area (Å²) in [6.07, 6.45) is 1.38. The molecule has 2 aromatic rings. The summed E-state index contributed by atoms with van der Waals surface area (Å²) in [5.74, 6) is 0.428. The number of hydrogen-bond donors (Lipinski definition) is 2. The fourth-order valence-corrected chi connectivity index (χ4v) is 2.37. The minimum absolute atomic E-state index is 0.0236. The number of benzene rings is 2. The fraction of sp³-hybridized carbons (Fsp3) is 0.200. The average molecular weight is 335 g/mol. The lowest BCUT2D eigenvalue weighted by Crippen LogP contribution is -2.16. The molecular formula is C20H21N3O2. The van der Waals surface area contributed by atoms with Gasteiger partial charge in [-0.25, -0.2) is 0 Å². The van der Waals surface area contributed by atoms with Gasteiger partial charge in [0.05, 0.1) is 12.8 Å². The van der Waals surface area contributed by atoms with Crippen LogP contribution in [0, 0.1) is 11.3 Å². The van der Waals surface area contributed by atoms with Crippen LogP contribution in [0.15, 0.2) is 60.3 Å². The predicted molar refractivity (Wildman–Crippen MR) is 99.5 cm³/mol. The van der Waals surface area contributed by atoms with Gasteiger partial charge in [-0.3, -0.25) is 4.79 Å². The van der Waals surface area contributed by atoms with Crippen molar-refractivity contribution in [2.45, 2.75) is 19.8 Å². The average Bonchev–Trinajstić information content (AvgIpc) is 2.62. The number of nitrogens with one attached hydrogen (secondary N) is 2. The van der Waals surface area contributed by atoms with E-state index in [0.717, 1.165) is 5.56 Å². The number of carbonyl (C=O) groups is 1. The Labute approximate surface area is 147 Å². The van der Waals surface area contributed by atoms with Gasteiger partial charge in [0.15, 0.2) is 0 Å². The van der Waals surface area contributed by atoms with Crippen molar-refractivity contribution in [2.75, 3.05) is 17.7 Å². The van der Waals surface area contributed by atoms with Crippen LogP contribution >= 0.6 is 0 Å². The van der Waals surface area contributed by atoms with E-state index in [1.54, 1.807) is 19.2 Å². The van der Waals surface area contributed by atoms with E-state index in [1.807, 2.05) is 42.5 Å². The van der Waals surface area contributed by atoms with Crippen LogP contribution in [0.1, 0.15) is 25.3 Å². The predicted octanol–water partition coefficient (Wildman–Crippen LogP) is 4.28. The summed E-state index contributed by atoms with van der Waals surface area (Å²) in [7, 11) is 1.56. The highest BCUT2D eigenvalue weighted by molar-refractivity contribution is 6.07. The second-order valence-electron chi connectivity index (χ2n) is 5.71. The molecule has 2 rings (SSSR count). The van der Waals surface area contributed by atoms with E-state index >= 15 is 0 Å². The van der Waals surface area contributed by atoms with Crippen LogP contribution in [0.25, 0.3) is 0 Å². The molecule has 0 fully saturated rings. The molecule has 25 heavy (non-hydrogen) atoms. The standard InChI is InChI=1S/C20H21N3O2/c1-14(2)16-8-4-5-9-17(16)23-20(24)15(12-21)13-22-18-10-6-7-11-19(18)25-3/h4-11,13-14,22H,1-3H3,(H,23,24)/b15-13-. The van der Waals surface area contributed by atoms with E-state index in [1.165, 1.54) is 6.20 Å². The molecule has 0 saturated heterocycles. The minimum atomic E-state index is -0.460. The Hall–Kier alpha value is -3.26. The molecule has 0 aliphatic carbocycles. The zero-order valence-electron chi connectivity index (χ0n) is 14.5. The Balaban J connectivity index is 2.18. The smallest absolute Gasteiger partial charge is 0.267 e. The zero-order valence-corrected chi connectivity index (χ0v) is 14.5. The summed E-state index contributed by atoms with van der Waals surface area (Å²) in [6.45, 7) is 4.10. The van der Waals surface area contributed by atoms with Gasteiger partial charge in [0.25, 0.3) is 5.91 Å². The van der Waals surface area contributed by atoms with Crippen LogP contribution in [0.3, 0.4) is 0 Å². The van der Waals surface area contributed by atoms with Gasteiger partial charge in [0, 0.05) is 11.9 Å². The van der Waals surface area contributed by atoms with Crippen LogP contribution in [0.5, 0.6) is 5.75 Å². The molecule has 0 bridgehead atoms. The van der Waals surface area contributed by atoms with Gasteiger partial charge in [0.1, 0.15) is 17.4 Å². The quantitative estimate of drug-likeness (QED) is 0.610. The first-order chi connectivity index (χ1) is 12.1. The summed E-state index contributed by atoms with van der Waals surface area (Å²) < 4.78 is 5.23. The molecular weight excluding hydrogens is 314 g/mol. The van der Waals surface area contributed by atoms with E-state index in [9.17, 15) is 10.1 Å². The summed E-state index contributed by atoms with van der Waals surface area (Å²) >= 11 is 0. The largest absolute Gasteiger partial charge is 0.495 e. The number of rotatable bonds is 6. The fourth-order valence-electron chi connectivity index (χ4n) is 2.37. The Morgan fingerprint density at radius 1 is 1.12 bits per heavy atom. The number of nitrogens with zero attached hydrogens (tertiary/aromatic N) is 1. The van der Waals surface area contributed by atoms with Crippen molar-refractivity contribution < 1.29 is 9.53 Å². The van der Waals surface area contributed by atoms with Gasteiger partial charge in [-0.1, -0.05) is 44.2 Å². The SMILES string of the molecule is COc1ccccc1N/C=C(/C#N)C(=O)Nc1ccccc1C(C)C. The van der Waals surface area contributed by atoms with Crippen molar-refractivity contribution in [2.24, 2.45) is 0 Å². The van der Waals surface area contributed by atoms with Crippen molar-refractivity contribution in [1.29, 1.82) is 5.26 Å². The molecule has 0 heterocycles. The maximum atomic E-state index is 12.4. The minimum Gasteiger partial charge on any atom is -0.495 e. The molecule has 0 atom stereocenters. The number of para-hydroxylation sites is 3. The molecule has 128 valence electrons. The molecule has 0 aliphatic heterocycles. The highest BCUT2D eigenvalue weighted by Crippen LogP contribution is 2.25. The maximum absolute atomic E-state index is 12.4. The summed E-state index contributed by atoms with van der Waals surface area (Å²) in [5, 5.41) is 15.1. The molecule has 1 amide bonds.